The van der Waals surface area contributed by atoms with Crippen molar-refractivity contribution >= 4 is 33.1 Å². The number of nitrogens with zero attached hydrogens (tertiary/aromatic N) is 3. The molecule has 108 valence electrons. The third kappa shape index (κ3) is 2.86. The Kier molecular flexibility index (Phi) is 3.87. The Morgan fingerprint density at radius 3 is 2.75 bits per heavy atom. The zero-order chi connectivity index (χ0) is 14.9. The van der Waals surface area contributed by atoms with Crippen LogP contribution in [0.2, 0.25) is 5.15 Å². The number of hydrogen-bond donors (Lipinski definition) is 2. The highest BCUT2D eigenvalue weighted by molar-refractivity contribution is 7.92. The van der Waals surface area contributed by atoms with E-state index in [1.165, 1.54) is 17.1 Å². The van der Waals surface area contributed by atoms with Gasteiger partial charge in [-0.05, 0) is 25.5 Å². The summed E-state index contributed by atoms with van der Waals surface area (Å²) < 4.78 is 28.3. The van der Waals surface area contributed by atoms with Crippen LogP contribution in [0.4, 0.5) is 11.5 Å². The van der Waals surface area contributed by atoms with Gasteiger partial charge in [-0.1, -0.05) is 11.6 Å². The van der Waals surface area contributed by atoms with Crippen molar-refractivity contribution in [1.82, 2.24) is 14.8 Å². The first kappa shape index (κ1) is 14.6. The summed E-state index contributed by atoms with van der Waals surface area (Å²) in [5.74, 6) is -0.0435. The summed E-state index contributed by atoms with van der Waals surface area (Å²) in [6, 6.07) is 1.59. The molecule has 20 heavy (non-hydrogen) atoms. The van der Waals surface area contributed by atoms with Crippen molar-refractivity contribution in [3.8, 4) is 0 Å². The van der Waals surface area contributed by atoms with Gasteiger partial charge in [-0.15, -0.1) is 0 Å². The van der Waals surface area contributed by atoms with Crippen molar-refractivity contribution in [1.29, 1.82) is 0 Å². The molecule has 0 unspecified atom stereocenters. The smallest absolute Gasteiger partial charge is 0.267 e. The normalized spacial score (nSPS) is 11.6. The molecular weight excluding hydrogens is 302 g/mol. The third-order valence-electron chi connectivity index (χ3n) is 2.64. The molecule has 0 fully saturated rings. The molecule has 2 aromatic rings. The second-order valence-electron chi connectivity index (χ2n) is 4.17. The van der Waals surface area contributed by atoms with E-state index >= 15 is 0 Å². The standard InChI is InChI=1S/C11H14ClN5O2S/c1-3-17-6-9(11(13)15-17)20(18,19)16-8-4-7(2)10(12)14-5-8/h4-6,16H,3H2,1-2H3,(H2,13,15). The Morgan fingerprint density at radius 1 is 1.50 bits per heavy atom. The molecule has 0 radical (unpaired) electrons. The number of halogens is 1. The molecule has 0 saturated carbocycles. The number of pyridine rings is 1. The van der Waals surface area contributed by atoms with Crippen LogP contribution in [-0.4, -0.2) is 23.2 Å². The monoisotopic (exact) mass is 315 g/mol. The molecule has 0 aliphatic heterocycles. The molecule has 0 amide bonds. The third-order valence-corrected chi connectivity index (χ3v) is 4.43. The van der Waals surface area contributed by atoms with Gasteiger partial charge in [0.15, 0.2) is 5.82 Å². The van der Waals surface area contributed by atoms with Gasteiger partial charge in [0.25, 0.3) is 10.0 Å². The molecular formula is C11H14ClN5O2S. The largest absolute Gasteiger partial charge is 0.381 e. The van der Waals surface area contributed by atoms with E-state index in [-0.39, 0.29) is 10.7 Å². The van der Waals surface area contributed by atoms with Crippen molar-refractivity contribution in [2.45, 2.75) is 25.3 Å². The number of aryl methyl sites for hydroxylation is 2. The van der Waals surface area contributed by atoms with Crippen LogP contribution in [0.5, 0.6) is 0 Å². The predicted octanol–water partition coefficient (Wildman–Crippen LogP) is 1.64. The van der Waals surface area contributed by atoms with Crippen LogP contribution < -0.4 is 10.5 Å². The van der Waals surface area contributed by atoms with Crippen molar-refractivity contribution in [3.63, 3.8) is 0 Å². The molecule has 0 aliphatic carbocycles. The zero-order valence-electron chi connectivity index (χ0n) is 11.0. The number of aromatic nitrogens is 3. The number of anilines is 2. The summed E-state index contributed by atoms with van der Waals surface area (Å²) in [7, 11) is -3.80. The minimum atomic E-state index is -3.80. The highest BCUT2D eigenvalue weighted by atomic mass is 35.5. The quantitative estimate of drug-likeness (QED) is 0.835. The van der Waals surface area contributed by atoms with Gasteiger partial charge in [-0.3, -0.25) is 9.40 Å². The maximum absolute atomic E-state index is 12.2. The lowest BCUT2D eigenvalue weighted by Gasteiger charge is -2.07. The fraction of sp³-hybridized carbons (Fsp3) is 0.273. The van der Waals surface area contributed by atoms with Crippen molar-refractivity contribution < 1.29 is 8.42 Å². The molecule has 0 saturated heterocycles. The molecule has 0 aromatic carbocycles. The molecule has 2 heterocycles. The van der Waals surface area contributed by atoms with Crippen molar-refractivity contribution in [2.75, 3.05) is 10.5 Å². The van der Waals surface area contributed by atoms with Gasteiger partial charge in [0.05, 0.1) is 11.9 Å². The number of sulfonamides is 1. The molecule has 2 aromatic heterocycles. The second-order valence-corrected chi connectivity index (χ2v) is 6.18. The Bertz CT molecular complexity index is 741. The SMILES string of the molecule is CCn1cc(S(=O)(=O)Nc2cnc(Cl)c(C)c2)c(N)n1. The van der Waals surface area contributed by atoms with Crippen molar-refractivity contribution in [2.24, 2.45) is 0 Å². The first-order chi connectivity index (χ1) is 9.33. The van der Waals surface area contributed by atoms with Crippen molar-refractivity contribution in [3.05, 3.63) is 29.2 Å². The molecule has 7 nitrogen and oxygen atoms in total. The average molecular weight is 316 g/mol. The summed E-state index contributed by atoms with van der Waals surface area (Å²) in [5, 5.41) is 4.23. The molecule has 2 rings (SSSR count). The zero-order valence-corrected chi connectivity index (χ0v) is 12.5. The molecule has 0 aliphatic rings. The van der Waals surface area contributed by atoms with E-state index in [1.54, 1.807) is 13.0 Å². The van der Waals surface area contributed by atoms with Gasteiger partial charge in [0.1, 0.15) is 10.0 Å². The van der Waals surface area contributed by atoms with Crippen LogP contribution in [0.15, 0.2) is 23.4 Å². The summed E-state index contributed by atoms with van der Waals surface area (Å²) in [6.07, 6.45) is 2.72. The first-order valence-electron chi connectivity index (χ1n) is 5.81. The predicted molar refractivity (Wildman–Crippen MR) is 77.1 cm³/mol. The van der Waals surface area contributed by atoms with E-state index < -0.39 is 10.0 Å². The van der Waals surface area contributed by atoms with E-state index in [4.69, 9.17) is 17.3 Å². The second kappa shape index (κ2) is 5.29. The van der Waals surface area contributed by atoms with Crippen LogP contribution in [0, 0.1) is 6.92 Å². The Balaban J connectivity index is 2.35. The van der Waals surface area contributed by atoms with E-state index in [1.807, 2.05) is 6.92 Å². The average Bonchev–Trinajstić information content (AvgIpc) is 2.76. The summed E-state index contributed by atoms with van der Waals surface area (Å²) in [4.78, 5) is 3.82. The number of rotatable bonds is 4. The Hall–Kier alpha value is -1.80. The maximum atomic E-state index is 12.2. The molecule has 0 spiro atoms. The van der Waals surface area contributed by atoms with Gasteiger partial charge in [-0.2, -0.15) is 5.10 Å². The van der Waals surface area contributed by atoms with E-state index in [0.29, 0.717) is 22.9 Å². The summed E-state index contributed by atoms with van der Waals surface area (Å²) in [6.45, 7) is 4.10. The summed E-state index contributed by atoms with van der Waals surface area (Å²) in [5.41, 5.74) is 6.61. The van der Waals surface area contributed by atoms with Crippen LogP contribution in [0.25, 0.3) is 0 Å². The highest BCUT2D eigenvalue weighted by Crippen LogP contribution is 2.22. The highest BCUT2D eigenvalue weighted by Gasteiger charge is 2.21. The summed E-state index contributed by atoms with van der Waals surface area (Å²) >= 11 is 5.79. The number of hydrogen-bond acceptors (Lipinski definition) is 5. The van der Waals surface area contributed by atoms with Gasteiger partial charge < -0.3 is 5.73 Å². The first-order valence-corrected chi connectivity index (χ1v) is 7.67. The minimum Gasteiger partial charge on any atom is -0.381 e. The van der Waals surface area contributed by atoms with Gasteiger partial charge in [0.2, 0.25) is 0 Å². The van der Waals surface area contributed by atoms with Crippen LogP contribution in [0.3, 0.4) is 0 Å². The number of nitrogens with one attached hydrogen (secondary N) is 1. The van der Waals surface area contributed by atoms with Gasteiger partial charge in [-0.25, -0.2) is 13.4 Å². The lowest BCUT2D eigenvalue weighted by molar-refractivity contribution is 0.600. The fourth-order valence-corrected chi connectivity index (χ4v) is 2.82. The van der Waals surface area contributed by atoms with E-state index in [9.17, 15) is 8.42 Å². The lowest BCUT2D eigenvalue weighted by atomic mass is 10.3. The van der Waals surface area contributed by atoms with Crippen LogP contribution in [-0.2, 0) is 16.6 Å². The van der Waals surface area contributed by atoms with E-state index in [2.05, 4.69) is 14.8 Å². The van der Waals surface area contributed by atoms with Gasteiger partial charge >= 0.3 is 0 Å². The number of nitrogens with two attached hydrogens (primary N) is 1. The minimum absolute atomic E-state index is 0.0435. The van der Waals surface area contributed by atoms with Crippen LogP contribution in [0.1, 0.15) is 12.5 Å². The van der Waals surface area contributed by atoms with Gasteiger partial charge in [0, 0.05) is 12.7 Å². The molecule has 0 atom stereocenters. The lowest BCUT2D eigenvalue weighted by Crippen LogP contribution is -2.14. The fourth-order valence-electron chi connectivity index (χ4n) is 1.61. The molecule has 9 heteroatoms. The number of nitrogen functional groups attached to an aromatic ring is 1. The Labute approximate surface area is 121 Å². The topological polar surface area (TPSA) is 103 Å². The molecule has 0 bridgehead atoms. The van der Waals surface area contributed by atoms with Crippen LogP contribution >= 0.6 is 11.6 Å². The molecule has 3 N–H and O–H groups in total. The maximum Gasteiger partial charge on any atom is 0.267 e. The van der Waals surface area contributed by atoms with E-state index in [0.717, 1.165) is 0 Å². The Morgan fingerprint density at radius 2 is 2.20 bits per heavy atom.